The maximum atomic E-state index is 12.6. The minimum atomic E-state index is -0.455. The predicted octanol–water partition coefficient (Wildman–Crippen LogP) is 2.69. The highest BCUT2D eigenvalue weighted by Gasteiger charge is 2.27. The molecule has 28 heavy (non-hydrogen) atoms. The van der Waals surface area contributed by atoms with Crippen LogP contribution in [0.4, 0.5) is 0 Å². The van der Waals surface area contributed by atoms with Crippen molar-refractivity contribution in [2.24, 2.45) is 0 Å². The molecule has 0 saturated carbocycles. The number of hydrogen-bond acceptors (Lipinski definition) is 4. The molecule has 1 aromatic carbocycles. The molecule has 0 fully saturated rings. The van der Waals surface area contributed by atoms with Crippen molar-refractivity contribution in [1.29, 1.82) is 0 Å². The molecule has 0 bridgehead atoms. The summed E-state index contributed by atoms with van der Waals surface area (Å²) < 4.78 is 1.97. The Morgan fingerprint density at radius 2 is 2.18 bits per heavy atom. The lowest BCUT2D eigenvalue weighted by atomic mass is 9.92. The van der Waals surface area contributed by atoms with Gasteiger partial charge in [0, 0.05) is 23.5 Å². The lowest BCUT2D eigenvalue weighted by Gasteiger charge is -2.24. The fraction of sp³-hybridized carbons (Fsp3) is 0.286. The van der Waals surface area contributed by atoms with Gasteiger partial charge in [-0.15, -0.1) is 0 Å². The number of aromatic amines is 1. The Balaban J connectivity index is 1.65. The fourth-order valence-electron chi connectivity index (χ4n) is 3.76. The van der Waals surface area contributed by atoms with Crippen LogP contribution in [0.1, 0.15) is 51.6 Å². The van der Waals surface area contributed by atoms with Gasteiger partial charge >= 0.3 is 0 Å². The number of H-pyrrole nitrogens is 1. The van der Waals surface area contributed by atoms with E-state index >= 15 is 0 Å². The first-order chi connectivity index (χ1) is 13.5. The van der Waals surface area contributed by atoms with Crippen LogP contribution in [0.15, 0.2) is 41.5 Å². The first-order valence-corrected chi connectivity index (χ1v) is 9.31. The van der Waals surface area contributed by atoms with Crippen molar-refractivity contribution in [3.05, 3.63) is 75.0 Å². The summed E-state index contributed by atoms with van der Waals surface area (Å²) in [7, 11) is 0. The van der Waals surface area contributed by atoms with Crippen LogP contribution < -0.4 is 10.9 Å². The quantitative estimate of drug-likeness (QED) is 0.652. The van der Waals surface area contributed by atoms with Crippen molar-refractivity contribution < 1.29 is 9.90 Å². The second-order valence-corrected chi connectivity index (χ2v) is 7.19. The molecule has 1 atom stereocenters. The molecule has 4 rings (SSSR count). The molecular weight excluding hydrogens is 356 g/mol. The SMILES string of the molecule is Cc1cccc(-n2ncc3c2CCC[C@H]3NC(=O)c2c[nH]c(=O)cc2O)c1C. The van der Waals surface area contributed by atoms with Gasteiger partial charge in [0.1, 0.15) is 5.75 Å². The Bertz CT molecular complexity index is 1110. The number of carbonyl (C=O) groups is 1. The van der Waals surface area contributed by atoms with Crippen LogP contribution in [0.5, 0.6) is 5.75 Å². The highest BCUT2D eigenvalue weighted by molar-refractivity contribution is 5.96. The molecule has 0 spiro atoms. The number of rotatable bonds is 3. The summed E-state index contributed by atoms with van der Waals surface area (Å²) in [5.41, 5.74) is 5.11. The van der Waals surface area contributed by atoms with Crippen molar-refractivity contribution in [3.8, 4) is 11.4 Å². The molecule has 1 amide bonds. The van der Waals surface area contributed by atoms with Crippen LogP contribution >= 0.6 is 0 Å². The van der Waals surface area contributed by atoms with Gasteiger partial charge in [0.25, 0.3) is 11.5 Å². The molecule has 7 heteroatoms. The molecule has 0 aliphatic heterocycles. The number of aromatic hydroxyl groups is 1. The van der Waals surface area contributed by atoms with Gasteiger partial charge in [-0.05, 0) is 50.3 Å². The average Bonchev–Trinajstić information content (AvgIpc) is 3.09. The topological polar surface area (TPSA) is 100 Å². The van der Waals surface area contributed by atoms with E-state index in [2.05, 4.69) is 41.4 Å². The zero-order chi connectivity index (χ0) is 19.8. The molecule has 0 saturated heterocycles. The molecule has 0 radical (unpaired) electrons. The van der Waals surface area contributed by atoms with E-state index < -0.39 is 11.5 Å². The second-order valence-electron chi connectivity index (χ2n) is 7.19. The van der Waals surface area contributed by atoms with Crippen molar-refractivity contribution in [1.82, 2.24) is 20.1 Å². The Kier molecular flexibility index (Phi) is 4.50. The lowest BCUT2D eigenvalue weighted by Crippen LogP contribution is -2.31. The molecular formula is C21H22N4O3. The highest BCUT2D eigenvalue weighted by atomic mass is 16.3. The zero-order valence-corrected chi connectivity index (χ0v) is 15.8. The maximum Gasteiger partial charge on any atom is 0.257 e. The first kappa shape index (κ1) is 18.0. The van der Waals surface area contributed by atoms with Crippen molar-refractivity contribution >= 4 is 5.91 Å². The summed E-state index contributed by atoms with van der Waals surface area (Å²) >= 11 is 0. The van der Waals surface area contributed by atoms with Gasteiger partial charge in [-0.2, -0.15) is 5.10 Å². The van der Waals surface area contributed by atoms with Gasteiger partial charge in [-0.25, -0.2) is 4.68 Å². The van der Waals surface area contributed by atoms with Crippen LogP contribution in [0.3, 0.4) is 0 Å². The van der Waals surface area contributed by atoms with E-state index in [1.54, 1.807) is 0 Å². The summed E-state index contributed by atoms with van der Waals surface area (Å²) in [5, 5.41) is 17.5. The summed E-state index contributed by atoms with van der Waals surface area (Å²) in [4.78, 5) is 26.3. The first-order valence-electron chi connectivity index (χ1n) is 9.31. The number of hydrogen-bond donors (Lipinski definition) is 3. The molecule has 1 aliphatic rings. The van der Waals surface area contributed by atoms with Crippen molar-refractivity contribution in [2.45, 2.75) is 39.2 Å². The molecule has 2 heterocycles. The Morgan fingerprint density at radius 1 is 1.36 bits per heavy atom. The molecule has 0 unspecified atom stereocenters. The third kappa shape index (κ3) is 3.09. The largest absolute Gasteiger partial charge is 0.507 e. The van der Waals surface area contributed by atoms with Crippen LogP contribution in [-0.2, 0) is 6.42 Å². The number of aromatic nitrogens is 3. The number of amides is 1. The van der Waals surface area contributed by atoms with Gasteiger partial charge in [-0.1, -0.05) is 12.1 Å². The summed E-state index contributed by atoms with van der Waals surface area (Å²) in [6.45, 7) is 4.16. The standard InChI is InChI=1S/C21H22N4O3/c1-12-5-3-7-17(13(12)2)25-18-8-4-6-16(14(18)11-23-25)24-21(28)15-10-22-20(27)9-19(15)26/h3,5,7,9-11,16H,4,6,8H2,1-2H3,(H,24,28)(H2,22,26,27)/t16-/m1/s1. The lowest BCUT2D eigenvalue weighted by molar-refractivity contribution is 0.0929. The van der Waals surface area contributed by atoms with Gasteiger partial charge in [0.05, 0.1) is 23.5 Å². The molecule has 3 N–H and O–H groups in total. The van der Waals surface area contributed by atoms with Crippen LogP contribution in [0.25, 0.3) is 5.69 Å². The Labute approximate surface area is 162 Å². The van der Waals surface area contributed by atoms with E-state index in [1.807, 2.05) is 16.9 Å². The molecule has 7 nitrogen and oxygen atoms in total. The van der Waals surface area contributed by atoms with Gasteiger partial charge < -0.3 is 15.4 Å². The minimum Gasteiger partial charge on any atom is -0.507 e. The van der Waals surface area contributed by atoms with Gasteiger partial charge in [-0.3, -0.25) is 9.59 Å². The number of aryl methyl sites for hydroxylation is 1. The average molecular weight is 378 g/mol. The molecule has 1 aliphatic carbocycles. The third-order valence-corrected chi connectivity index (χ3v) is 5.44. The number of fused-ring (bicyclic) bond motifs is 1. The third-order valence-electron chi connectivity index (χ3n) is 5.44. The van der Waals surface area contributed by atoms with Crippen LogP contribution in [0, 0.1) is 13.8 Å². The number of benzene rings is 1. The van der Waals surface area contributed by atoms with E-state index in [0.29, 0.717) is 0 Å². The smallest absolute Gasteiger partial charge is 0.257 e. The van der Waals surface area contributed by atoms with E-state index in [4.69, 9.17) is 0 Å². The number of nitrogens with zero attached hydrogens (tertiary/aromatic N) is 2. The monoisotopic (exact) mass is 378 g/mol. The predicted molar refractivity (Wildman–Crippen MR) is 105 cm³/mol. The van der Waals surface area contributed by atoms with Crippen molar-refractivity contribution in [2.75, 3.05) is 0 Å². The Hall–Kier alpha value is -3.35. The Morgan fingerprint density at radius 3 is 2.96 bits per heavy atom. The van der Waals surface area contributed by atoms with E-state index in [0.717, 1.165) is 42.3 Å². The van der Waals surface area contributed by atoms with Gasteiger partial charge in [0.15, 0.2) is 0 Å². The second kappa shape index (κ2) is 6.99. The summed E-state index contributed by atoms with van der Waals surface area (Å²) in [5.74, 6) is -0.755. The van der Waals surface area contributed by atoms with Crippen molar-refractivity contribution in [3.63, 3.8) is 0 Å². The summed E-state index contributed by atoms with van der Waals surface area (Å²) in [6, 6.07) is 6.96. The molecule has 144 valence electrons. The van der Waals surface area contributed by atoms with Crippen LogP contribution in [-0.4, -0.2) is 25.8 Å². The summed E-state index contributed by atoms with van der Waals surface area (Å²) in [6.07, 6.45) is 5.65. The minimum absolute atomic E-state index is 0.0497. The number of carbonyl (C=O) groups excluding carboxylic acids is 1. The normalized spacial score (nSPS) is 15.9. The molecule has 3 aromatic rings. The van der Waals surface area contributed by atoms with E-state index in [-0.39, 0.29) is 17.4 Å². The maximum absolute atomic E-state index is 12.6. The number of nitrogens with one attached hydrogen (secondary N) is 2. The van der Waals surface area contributed by atoms with E-state index in [9.17, 15) is 14.7 Å². The fourth-order valence-corrected chi connectivity index (χ4v) is 3.76. The number of pyridine rings is 1. The molecule has 2 aromatic heterocycles. The van der Waals surface area contributed by atoms with E-state index in [1.165, 1.54) is 17.3 Å². The van der Waals surface area contributed by atoms with Gasteiger partial charge in [0.2, 0.25) is 0 Å². The van der Waals surface area contributed by atoms with Crippen LogP contribution in [0.2, 0.25) is 0 Å². The zero-order valence-electron chi connectivity index (χ0n) is 15.8. The highest BCUT2D eigenvalue weighted by Crippen LogP contribution is 2.32.